The summed E-state index contributed by atoms with van der Waals surface area (Å²) in [5, 5.41) is 17.1. The van der Waals surface area contributed by atoms with E-state index in [4.69, 9.17) is 5.73 Å². The molecule has 0 aliphatic rings. The Balaban J connectivity index is 2.39. The van der Waals surface area contributed by atoms with Gasteiger partial charge in [-0.25, -0.2) is 0 Å². The molecule has 1 heterocycles. The largest absolute Gasteiger partial charge is 0.365 e. The molecule has 2 atom stereocenters. The van der Waals surface area contributed by atoms with E-state index in [0.717, 1.165) is 24.9 Å². The normalized spacial score (nSPS) is 13.0. The Hall–Kier alpha value is -2.81. The third-order valence-electron chi connectivity index (χ3n) is 4.03. The van der Waals surface area contributed by atoms with E-state index >= 15 is 0 Å². The first-order valence-corrected chi connectivity index (χ1v) is 8.21. The fraction of sp³-hybridized carbons (Fsp3) is 0.389. The Labute approximate surface area is 142 Å². The van der Waals surface area contributed by atoms with E-state index in [1.54, 1.807) is 10.9 Å². The van der Waals surface area contributed by atoms with Crippen molar-refractivity contribution in [2.45, 2.75) is 39.2 Å². The number of nitrogens with two attached hydrogens (primary N) is 1. The summed E-state index contributed by atoms with van der Waals surface area (Å²) in [4.78, 5) is 11.8. The van der Waals surface area contributed by atoms with Gasteiger partial charge in [0.1, 0.15) is 5.56 Å². The van der Waals surface area contributed by atoms with Crippen LogP contribution in [0, 0.1) is 17.2 Å². The number of benzene rings is 1. The van der Waals surface area contributed by atoms with Crippen molar-refractivity contribution in [3.05, 3.63) is 42.1 Å². The maximum atomic E-state index is 11.8. The molecule has 2 unspecified atom stereocenters. The summed E-state index contributed by atoms with van der Waals surface area (Å²) in [6.07, 6.45) is 4.12. The Morgan fingerprint density at radius 2 is 2.08 bits per heavy atom. The third kappa shape index (κ3) is 3.93. The van der Waals surface area contributed by atoms with E-state index in [2.05, 4.69) is 23.4 Å². The molecular weight excluding hydrogens is 302 g/mol. The van der Waals surface area contributed by atoms with Crippen LogP contribution >= 0.6 is 0 Å². The summed E-state index contributed by atoms with van der Waals surface area (Å²) in [5.74, 6) is -0.280. The average molecular weight is 325 g/mol. The van der Waals surface area contributed by atoms with Crippen LogP contribution in [0.15, 0.2) is 36.5 Å². The van der Waals surface area contributed by atoms with E-state index in [-0.39, 0.29) is 12.0 Å². The molecule has 0 saturated heterocycles. The smallest absolute Gasteiger partial charge is 0.254 e. The highest BCUT2D eigenvalue weighted by Crippen LogP contribution is 2.28. The van der Waals surface area contributed by atoms with Crippen LogP contribution in [0.2, 0.25) is 0 Å². The number of para-hydroxylation sites is 1. The summed E-state index contributed by atoms with van der Waals surface area (Å²) >= 11 is 0. The predicted octanol–water partition coefficient (Wildman–Crippen LogP) is 3.62. The first-order valence-electron chi connectivity index (χ1n) is 8.21. The number of hydrogen-bond donors (Lipinski definition) is 2. The van der Waals surface area contributed by atoms with E-state index in [9.17, 15) is 10.1 Å². The lowest BCUT2D eigenvalue weighted by Gasteiger charge is -2.20. The minimum Gasteiger partial charge on any atom is -0.365 e. The van der Waals surface area contributed by atoms with Crippen LogP contribution in [0.4, 0.5) is 11.5 Å². The second-order valence-electron chi connectivity index (χ2n) is 5.73. The Morgan fingerprint density at radius 1 is 1.38 bits per heavy atom. The molecule has 0 radical (unpaired) electrons. The third-order valence-corrected chi connectivity index (χ3v) is 4.03. The zero-order chi connectivity index (χ0) is 17.5. The van der Waals surface area contributed by atoms with Gasteiger partial charge in [0.25, 0.3) is 5.91 Å². The van der Waals surface area contributed by atoms with Gasteiger partial charge in [0.05, 0.1) is 18.0 Å². The summed E-state index contributed by atoms with van der Waals surface area (Å²) in [5.41, 5.74) is 6.65. The summed E-state index contributed by atoms with van der Waals surface area (Å²) < 4.78 is 1.71. The van der Waals surface area contributed by atoms with Crippen molar-refractivity contribution < 1.29 is 4.79 Å². The number of nitrogens with one attached hydrogen (secondary N) is 1. The molecule has 2 aromatic rings. The molecule has 3 N–H and O–H groups in total. The van der Waals surface area contributed by atoms with Gasteiger partial charge in [-0.3, -0.25) is 9.48 Å². The molecule has 0 aliphatic heterocycles. The van der Waals surface area contributed by atoms with E-state index in [1.165, 1.54) is 0 Å². The lowest BCUT2D eigenvalue weighted by molar-refractivity contribution is 0.100. The monoisotopic (exact) mass is 325 g/mol. The second-order valence-corrected chi connectivity index (χ2v) is 5.73. The first-order chi connectivity index (χ1) is 11.6. The maximum absolute atomic E-state index is 11.8. The van der Waals surface area contributed by atoms with Gasteiger partial charge < -0.3 is 11.1 Å². The van der Waals surface area contributed by atoms with Gasteiger partial charge in [-0.1, -0.05) is 38.5 Å². The van der Waals surface area contributed by atoms with Crippen molar-refractivity contribution in [2.24, 2.45) is 11.7 Å². The average Bonchev–Trinajstić information content (AvgIpc) is 3.00. The molecule has 1 amide bonds. The number of amides is 1. The molecule has 1 aromatic heterocycles. The predicted molar refractivity (Wildman–Crippen MR) is 93.8 cm³/mol. The number of nitriles is 1. The van der Waals surface area contributed by atoms with Crippen LogP contribution in [0.5, 0.6) is 0 Å². The molecular formula is C18H23N5O. The number of aromatic nitrogens is 2. The zero-order valence-electron chi connectivity index (χ0n) is 14.1. The Bertz CT molecular complexity index is 717. The van der Waals surface area contributed by atoms with Gasteiger partial charge in [0.15, 0.2) is 5.82 Å². The highest BCUT2D eigenvalue weighted by Gasteiger charge is 2.24. The van der Waals surface area contributed by atoms with E-state index < -0.39 is 5.91 Å². The molecule has 0 spiro atoms. The Kier molecular flexibility index (Phi) is 5.96. The van der Waals surface area contributed by atoms with Crippen molar-refractivity contribution in [2.75, 3.05) is 5.32 Å². The zero-order valence-corrected chi connectivity index (χ0v) is 14.1. The first kappa shape index (κ1) is 17.5. The molecule has 0 fully saturated rings. The molecule has 0 bridgehead atoms. The van der Waals surface area contributed by atoms with Gasteiger partial charge >= 0.3 is 0 Å². The molecule has 0 saturated carbocycles. The number of carbonyl (C=O) groups excluding carboxylic acids is 1. The van der Waals surface area contributed by atoms with E-state index in [1.807, 2.05) is 37.3 Å². The number of nitrogens with zero attached hydrogens (tertiary/aromatic N) is 3. The highest BCUT2D eigenvalue weighted by molar-refractivity contribution is 5.98. The van der Waals surface area contributed by atoms with Crippen LogP contribution in [0.3, 0.4) is 0 Å². The fourth-order valence-corrected chi connectivity index (χ4v) is 2.76. The Morgan fingerprint density at radius 3 is 2.62 bits per heavy atom. The van der Waals surface area contributed by atoms with Crippen molar-refractivity contribution in [1.82, 2.24) is 9.78 Å². The molecule has 1 aromatic carbocycles. The molecule has 2 rings (SSSR count). The minimum absolute atomic E-state index is 0.0746. The highest BCUT2D eigenvalue weighted by atomic mass is 16.1. The molecule has 24 heavy (non-hydrogen) atoms. The van der Waals surface area contributed by atoms with Crippen LogP contribution in [-0.4, -0.2) is 15.7 Å². The quantitative estimate of drug-likeness (QED) is 0.774. The lowest BCUT2D eigenvalue weighted by atomic mass is 9.95. The van der Waals surface area contributed by atoms with Crippen molar-refractivity contribution in [3.63, 3.8) is 0 Å². The maximum Gasteiger partial charge on any atom is 0.254 e. The van der Waals surface area contributed by atoms with Crippen molar-refractivity contribution >= 4 is 17.4 Å². The summed E-state index contributed by atoms with van der Waals surface area (Å²) in [6.45, 7) is 4.05. The standard InChI is InChI=1S/C18H23N5O/c1-3-8-16(13(4-2)11-19)23-12-15(17(20)24)18(22-23)21-14-9-6-5-7-10-14/h5-7,9-10,12-13,16H,3-4,8H2,1-2H3,(H2,20,24)(H,21,22). The van der Waals surface area contributed by atoms with E-state index in [0.29, 0.717) is 11.4 Å². The van der Waals surface area contributed by atoms with Crippen LogP contribution in [0.1, 0.15) is 49.5 Å². The van der Waals surface area contributed by atoms with Crippen LogP contribution < -0.4 is 11.1 Å². The topological polar surface area (TPSA) is 96.7 Å². The summed E-state index contributed by atoms with van der Waals surface area (Å²) in [7, 11) is 0. The van der Waals surface area contributed by atoms with Gasteiger partial charge in [0.2, 0.25) is 0 Å². The van der Waals surface area contributed by atoms with Crippen LogP contribution in [0.25, 0.3) is 0 Å². The number of primary amides is 1. The van der Waals surface area contributed by atoms with Crippen molar-refractivity contribution in [3.8, 4) is 6.07 Å². The van der Waals surface area contributed by atoms with Crippen LogP contribution in [-0.2, 0) is 0 Å². The molecule has 126 valence electrons. The number of carbonyl (C=O) groups is 1. The SMILES string of the molecule is CCCC(C(C#N)CC)n1cc(C(N)=O)c(Nc2ccccc2)n1. The van der Waals surface area contributed by atoms with Gasteiger partial charge in [-0.15, -0.1) is 0 Å². The lowest BCUT2D eigenvalue weighted by Crippen LogP contribution is -2.19. The van der Waals surface area contributed by atoms with Gasteiger partial charge in [0, 0.05) is 11.9 Å². The van der Waals surface area contributed by atoms with Crippen molar-refractivity contribution in [1.29, 1.82) is 5.26 Å². The molecule has 6 heteroatoms. The fourth-order valence-electron chi connectivity index (χ4n) is 2.76. The van der Waals surface area contributed by atoms with Gasteiger partial charge in [-0.05, 0) is 25.0 Å². The number of rotatable bonds is 8. The number of anilines is 2. The number of hydrogen-bond acceptors (Lipinski definition) is 4. The molecule has 6 nitrogen and oxygen atoms in total. The second kappa shape index (κ2) is 8.16. The molecule has 0 aliphatic carbocycles. The summed E-state index contributed by atoms with van der Waals surface area (Å²) in [6, 6.07) is 11.7. The van der Waals surface area contributed by atoms with Gasteiger partial charge in [-0.2, -0.15) is 10.4 Å². The minimum atomic E-state index is -0.542.